The molecule has 0 spiro atoms. The fourth-order valence-electron chi connectivity index (χ4n) is 0.778. The molecule has 0 heterocycles. The molecule has 0 saturated heterocycles. The molecular weight excluding hydrogens is 162 g/mol. The average molecular weight is 179 g/mol. The second-order valence-electron chi connectivity index (χ2n) is 2.74. The first-order valence-electron chi connectivity index (χ1n) is 4.19. The van der Waals surface area contributed by atoms with Gasteiger partial charge in [-0.2, -0.15) is 0 Å². The molecule has 0 fully saturated rings. The Hall–Kier alpha value is -1.15. The lowest BCUT2D eigenvalue weighted by atomic mass is 10.2. The van der Waals surface area contributed by atoms with E-state index in [9.17, 15) is 0 Å². The summed E-state index contributed by atoms with van der Waals surface area (Å²) in [5.74, 6) is 0. The van der Waals surface area contributed by atoms with Crippen molar-refractivity contribution in [1.82, 2.24) is 0 Å². The van der Waals surface area contributed by atoms with E-state index in [1.807, 2.05) is 19.1 Å². The van der Waals surface area contributed by atoms with Crippen molar-refractivity contribution in [2.45, 2.75) is 19.4 Å². The lowest BCUT2D eigenvalue weighted by Crippen LogP contribution is -2.10. The number of hydrogen-bond acceptors (Lipinski definition) is 2. The highest BCUT2D eigenvalue weighted by Gasteiger charge is 1.98. The largest absolute Gasteiger partial charge is 0.375 e. The summed E-state index contributed by atoms with van der Waals surface area (Å²) < 4.78 is 5.16. The zero-order chi connectivity index (χ0) is 10.1. The fourth-order valence-corrected chi connectivity index (χ4v) is 0.778. The summed E-state index contributed by atoms with van der Waals surface area (Å²) in [6.45, 7) is 9.21. The van der Waals surface area contributed by atoms with Crippen molar-refractivity contribution in [2.75, 3.05) is 7.11 Å². The summed E-state index contributed by atoms with van der Waals surface area (Å²) in [5.41, 5.74) is 1.04. The van der Waals surface area contributed by atoms with Crippen LogP contribution in [0.4, 0.5) is 0 Å². The number of ether oxygens (including phenoxy) is 1. The van der Waals surface area contributed by atoms with E-state index in [1.54, 1.807) is 13.3 Å². The van der Waals surface area contributed by atoms with Crippen molar-refractivity contribution in [3.05, 3.63) is 37.1 Å². The van der Waals surface area contributed by atoms with E-state index in [-0.39, 0.29) is 6.10 Å². The third kappa shape index (κ3) is 7.22. The topological polar surface area (TPSA) is 21.6 Å². The van der Waals surface area contributed by atoms with E-state index in [1.165, 1.54) is 6.20 Å². The van der Waals surface area contributed by atoms with Crippen LogP contribution >= 0.6 is 0 Å². The Morgan fingerprint density at radius 2 is 2.31 bits per heavy atom. The molecule has 0 amide bonds. The van der Waals surface area contributed by atoms with E-state index in [0.717, 1.165) is 12.0 Å². The van der Waals surface area contributed by atoms with Crippen molar-refractivity contribution in [1.29, 1.82) is 0 Å². The smallest absolute Gasteiger partial charge is 0.0956 e. The van der Waals surface area contributed by atoms with Crippen molar-refractivity contribution in [3.63, 3.8) is 0 Å². The molecule has 72 valence electrons. The molecule has 0 aromatic rings. The number of aliphatic imine (C=N–C) groups is 1. The molecule has 0 radical (unpaired) electrons. The Morgan fingerprint density at radius 3 is 2.77 bits per heavy atom. The van der Waals surface area contributed by atoms with Gasteiger partial charge < -0.3 is 4.74 Å². The van der Waals surface area contributed by atoms with Gasteiger partial charge in [0.2, 0.25) is 0 Å². The summed E-state index contributed by atoms with van der Waals surface area (Å²) in [7, 11) is 1.66. The molecule has 2 heteroatoms. The Bertz CT molecular complexity index is 216. The minimum absolute atomic E-state index is 0.0219. The van der Waals surface area contributed by atoms with E-state index >= 15 is 0 Å². The van der Waals surface area contributed by atoms with Crippen LogP contribution in [-0.4, -0.2) is 19.4 Å². The Balaban J connectivity index is 3.91. The van der Waals surface area contributed by atoms with Gasteiger partial charge in [0.1, 0.15) is 0 Å². The zero-order valence-electron chi connectivity index (χ0n) is 8.36. The minimum Gasteiger partial charge on any atom is -0.375 e. The molecule has 0 aliphatic carbocycles. The summed E-state index contributed by atoms with van der Waals surface area (Å²) >= 11 is 0. The van der Waals surface area contributed by atoms with E-state index in [2.05, 4.69) is 18.2 Å². The van der Waals surface area contributed by atoms with E-state index < -0.39 is 0 Å². The number of hydrogen-bond donors (Lipinski definition) is 0. The van der Waals surface area contributed by atoms with Crippen LogP contribution in [0.1, 0.15) is 13.3 Å². The maximum atomic E-state index is 5.16. The van der Waals surface area contributed by atoms with Crippen LogP contribution < -0.4 is 0 Å². The van der Waals surface area contributed by atoms with Crippen molar-refractivity contribution in [3.8, 4) is 0 Å². The Kier molecular flexibility index (Phi) is 6.83. The predicted molar refractivity (Wildman–Crippen MR) is 58.1 cm³/mol. The zero-order valence-corrected chi connectivity index (χ0v) is 8.36. The predicted octanol–water partition coefficient (Wildman–Crippen LogP) is 2.74. The highest BCUT2D eigenvalue weighted by atomic mass is 16.5. The van der Waals surface area contributed by atoms with Crippen LogP contribution in [0.5, 0.6) is 0 Å². The van der Waals surface area contributed by atoms with Crippen LogP contribution in [0.2, 0.25) is 0 Å². The van der Waals surface area contributed by atoms with Gasteiger partial charge in [0.25, 0.3) is 0 Å². The molecule has 0 rings (SSSR count). The molecule has 0 bridgehead atoms. The van der Waals surface area contributed by atoms with Crippen LogP contribution in [0.15, 0.2) is 42.1 Å². The summed E-state index contributed by atoms with van der Waals surface area (Å²) in [5, 5.41) is 0. The highest BCUT2D eigenvalue weighted by molar-refractivity contribution is 5.64. The van der Waals surface area contributed by atoms with Gasteiger partial charge in [-0.15, -0.1) is 0 Å². The average Bonchev–Trinajstić information content (AvgIpc) is 2.10. The van der Waals surface area contributed by atoms with Gasteiger partial charge in [-0.25, -0.2) is 0 Å². The first-order valence-corrected chi connectivity index (χ1v) is 4.19. The lowest BCUT2D eigenvalue weighted by Gasteiger charge is -2.05. The standard InChI is InChI=1S/C11H17NO/c1-5-12-9-11(13-4)8-6-7-10(2)3/h5-7,9,11H,1-2,8H2,3-4H3/b7-6-,12-9?. The highest BCUT2D eigenvalue weighted by Crippen LogP contribution is 1.98. The molecule has 2 nitrogen and oxygen atoms in total. The normalized spacial score (nSPS) is 13.7. The molecule has 1 atom stereocenters. The van der Waals surface area contributed by atoms with Gasteiger partial charge in [0, 0.05) is 19.5 Å². The summed E-state index contributed by atoms with van der Waals surface area (Å²) in [4.78, 5) is 3.90. The molecular formula is C11H17NO. The quantitative estimate of drug-likeness (QED) is 0.454. The van der Waals surface area contributed by atoms with Crippen molar-refractivity contribution in [2.24, 2.45) is 4.99 Å². The van der Waals surface area contributed by atoms with Gasteiger partial charge in [0.15, 0.2) is 0 Å². The van der Waals surface area contributed by atoms with Crippen LogP contribution in [0.25, 0.3) is 0 Å². The number of allylic oxidation sites excluding steroid dienone is 2. The van der Waals surface area contributed by atoms with Gasteiger partial charge in [-0.05, 0) is 13.3 Å². The van der Waals surface area contributed by atoms with Crippen molar-refractivity contribution < 1.29 is 4.74 Å². The van der Waals surface area contributed by atoms with Crippen LogP contribution in [0, 0.1) is 0 Å². The Morgan fingerprint density at radius 1 is 1.62 bits per heavy atom. The van der Waals surface area contributed by atoms with Gasteiger partial charge in [-0.3, -0.25) is 4.99 Å². The third-order valence-electron chi connectivity index (χ3n) is 1.43. The van der Waals surface area contributed by atoms with Crippen molar-refractivity contribution >= 4 is 6.21 Å². The van der Waals surface area contributed by atoms with Crippen LogP contribution in [-0.2, 0) is 4.74 Å². The molecule has 0 saturated carbocycles. The van der Waals surface area contributed by atoms with E-state index in [0.29, 0.717) is 0 Å². The number of rotatable bonds is 6. The second-order valence-corrected chi connectivity index (χ2v) is 2.74. The van der Waals surface area contributed by atoms with Crippen LogP contribution in [0.3, 0.4) is 0 Å². The summed E-state index contributed by atoms with van der Waals surface area (Å²) in [6.07, 6.45) is 8.04. The molecule has 1 unspecified atom stereocenters. The lowest BCUT2D eigenvalue weighted by molar-refractivity contribution is 0.162. The third-order valence-corrected chi connectivity index (χ3v) is 1.43. The number of nitrogens with zero attached hydrogens (tertiary/aromatic N) is 1. The molecule has 13 heavy (non-hydrogen) atoms. The molecule has 0 aromatic carbocycles. The maximum absolute atomic E-state index is 5.16. The maximum Gasteiger partial charge on any atom is 0.0956 e. The SMILES string of the molecule is C=CN=CC(C/C=C\C(=C)C)OC. The second kappa shape index (κ2) is 7.50. The summed E-state index contributed by atoms with van der Waals surface area (Å²) in [6, 6.07) is 0. The first-order chi connectivity index (χ1) is 6.20. The monoisotopic (exact) mass is 179 g/mol. The molecule has 0 aromatic heterocycles. The number of methoxy groups -OCH3 is 1. The minimum atomic E-state index is 0.0219. The van der Waals surface area contributed by atoms with Gasteiger partial charge >= 0.3 is 0 Å². The van der Waals surface area contributed by atoms with E-state index in [4.69, 9.17) is 4.74 Å². The van der Waals surface area contributed by atoms with Gasteiger partial charge in [-0.1, -0.05) is 30.9 Å². The Labute approximate surface area is 80.3 Å². The fraction of sp³-hybridized carbons (Fsp3) is 0.364. The molecule has 0 N–H and O–H groups in total. The first kappa shape index (κ1) is 11.8. The molecule has 0 aliphatic heterocycles. The molecule has 0 aliphatic rings. The van der Waals surface area contributed by atoms with Gasteiger partial charge in [0.05, 0.1) is 6.10 Å².